The van der Waals surface area contributed by atoms with Crippen molar-refractivity contribution in [2.75, 3.05) is 0 Å². The van der Waals surface area contributed by atoms with Crippen LogP contribution in [0.1, 0.15) is 126 Å². The Morgan fingerprint density at radius 2 is 1.29 bits per heavy atom. The SMILES string of the molecule is C[C@H]1CCC[C@@H]2[C@]1(C)C[C@@H](O)[C@H]1[C@@]2(C)CC[C@@]2(C)[C@@H]3CC(C)(C)CC[C@]3(C)CC[C@]12C. The van der Waals surface area contributed by atoms with Gasteiger partial charge in [-0.15, -0.1) is 0 Å². The lowest BCUT2D eigenvalue weighted by molar-refractivity contribution is -0.284. The van der Waals surface area contributed by atoms with Crippen molar-refractivity contribution in [3.8, 4) is 0 Å². The zero-order valence-electron chi connectivity index (χ0n) is 22.1. The quantitative estimate of drug-likeness (QED) is 0.412. The van der Waals surface area contributed by atoms with Crippen molar-refractivity contribution in [1.29, 1.82) is 0 Å². The van der Waals surface area contributed by atoms with Gasteiger partial charge in [-0.2, -0.15) is 0 Å². The topological polar surface area (TPSA) is 20.2 Å². The first kappa shape index (κ1) is 22.7. The van der Waals surface area contributed by atoms with Gasteiger partial charge in [0.1, 0.15) is 0 Å². The van der Waals surface area contributed by atoms with E-state index in [9.17, 15) is 5.11 Å². The molecule has 0 radical (unpaired) electrons. The molecule has 0 aromatic rings. The van der Waals surface area contributed by atoms with E-state index in [0.29, 0.717) is 33.0 Å². The molecule has 5 rings (SSSR count). The molecule has 0 aliphatic heterocycles. The van der Waals surface area contributed by atoms with E-state index < -0.39 is 0 Å². The average molecular weight is 429 g/mol. The predicted octanol–water partition coefficient (Wildman–Crippen LogP) is 8.25. The number of hydrogen-bond donors (Lipinski definition) is 1. The summed E-state index contributed by atoms with van der Waals surface area (Å²) in [6, 6.07) is 0. The largest absolute Gasteiger partial charge is 0.393 e. The third-order valence-corrected chi connectivity index (χ3v) is 13.7. The first-order chi connectivity index (χ1) is 14.2. The fraction of sp³-hybridized carbons (Fsp3) is 1.00. The van der Waals surface area contributed by atoms with E-state index in [1.807, 2.05) is 0 Å². The van der Waals surface area contributed by atoms with Gasteiger partial charge in [0.15, 0.2) is 0 Å². The molecule has 31 heavy (non-hydrogen) atoms. The minimum Gasteiger partial charge on any atom is -0.393 e. The van der Waals surface area contributed by atoms with E-state index in [1.165, 1.54) is 64.2 Å². The molecule has 10 atom stereocenters. The molecule has 0 spiro atoms. The van der Waals surface area contributed by atoms with E-state index >= 15 is 0 Å². The van der Waals surface area contributed by atoms with E-state index in [-0.39, 0.29) is 11.5 Å². The second-order valence-electron chi connectivity index (χ2n) is 15.6. The molecular formula is C30H52O. The van der Waals surface area contributed by atoms with Crippen molar-refractivity contribution in [2.45, 2.75) is 132 Å². The summed E-state index contributed by atoms with van der Waals surface area (Å²) >= 11 is 0. The number of hydrogen-bond acceptors (Lipinski definition) is 1. The van der Waals surface area contributed by atoms with Crippen LogP contribution in [0.3, 0.4) is 0 Å². The normalized spacial score (nSPS) is 60.9. The van der Waals surface area contributed by atoms with Crippen LogP contribution in [0.25, 0.3) is 0 Å². The Bertz CT molecular complexity index is 741. The Balaban J connectivity index is 1.59. The molecule has 0 saturated heterocycles. The highest BCUT2D eigenvalue weighted by atomic mass is 16.3. The predicted molar refractivity (Wildman–Crippen MR) is 131 cm³/mol. The standard InChI is InChI=1S/C30H52O/c1-20-10-9-11-22-27(5)15-17-29(7)23-19-25(2,3)12-13-26(23,4)14-16-30(29,8)24(27)21(31)18-28(20,22)6/h20-24,31H,9-19H2,1-8H3/t20-,21+,22-,23+,24-,26+,27-,28+,29-,30+/m0/s1. The summed E-state index contributed by atoms with van der Waals surface area (Å²) in [4.78, 5) is 0. The van der Waals surface area contributed by atoms with Crippen LogP contribution in [0.4, 0.5) is 0 Å². The van der Waals surface area contributed by atoms with Gasteiger partial charge >= 0.3 is 0 Å². The molecule has 1 N–H and O–H groups in total. The zero-order valence-corrected chi connectivity index (χ0v) is 22.1. The fourth-order valence-corrected chi connectivity index (χ4v) is 11.5. The lowest BCUT2D eigenvalue weighted by atomic mass is 9.29. The maximum absolute atomic E-state index is 12.0. The molecule has 0 aromatic carbocycles. The molecule has 0 aromatic heterocycles. The van der Waals surface area contributed by atoms with Crippen molar-refractivity contribution in [1.82, 2.24) is 0 Å². The van der Waals surface area contributed by atoms with Crippen molar-refractivity contribution in [3.05, 3.63) is 0 Å². The Morgan fingerprint density at radius 1 is 0.645 bits per heavy atom. The minimum atomic E-state index is -0.114. The number of rotatable bonds is 0. The van der Waals surface area contributed by atoms with Crippen LogP contribution in [0.5, 0.6) is 0 Å². The van der Waals surface area contributed by atoms with Gasteiger partial charge in [-0.1, -0.05) is 68.2 Å². The lowest BCUT2D eigenvalue weighted by Crippen LogP contribution is -2.70. The molecular weight excluding hydrogens is 376 g/mol. The van der Waals surface area contributed by atoms with Crippen LogP contribution in [0.15, 0.2) is 0 Å². The smallest absolute Gasteiger partial charge is 0.0584 e. The Hall–Kier alpha value is -0.0400. The second kappa shape index (κ2) is 6.55. The fourth-order valence-electron chi connectivity index (χ4n) is 11.5. The highest BCUT2D eigenvalue weighted by Crippen LogP contribution is 2.78. The number of aliphatic hydroxyl groups excluding tert-OH is 1. The van der Waals surface area contributed by atoms with Crippen molar-refractivity contribution < 1.29 is 5.11 Å². The van der Waals surface area contributed by atoms with Crippen LogP contribution in [0, 0.1) is 56.2 Å². The highest BCUT2D eigenvalue weighted by molar-refractivity contribution is 5.20. The summed E-state index contributed by atoms with van der Waals surface area (Å²) in [5, 5.41) is 12.0. The second-order valence-corrected chi connectivity index (χ2v) is 15.6. The van der Waals surface area contributed by atoms with Gasteiger partial charge in [-0.3, -0.25) is 0 Å². The number of fused-ring (bicyclic) bond motifs is 7. The Kier molecular flexibility index (Phi) is 4.80. The van der Waals surface area contributed by atoms with Crippen LogP contribution < -0.4 is 0 Å². The molecule has 5 aliphatic rings. The average Bonchev–Trinajstić information content (AvgIpc) is 2.67. The monoisotopic (exact) mass is 428 g/mol. The summed E-state index contributed by atoms with van der Waals surface area (Å²) in [5.74, 6) is 2.86. The molecule has 178 valence electrons. The molecule has 5 fully saturated rings. The maximum atomic E-state index is 12.0. The van der Waals surface area contributed by atoms with Crippen LogP contribution in [-0.4, -0.2) is 11.2 Å². The van der Waals surface area contributed by atoms with Crippen LogP contribution >= 0.6 is 0 Å². The molecule has 0 heterocycles. The van der Waals surface area contributed by atoms with E-state index in [0.717, 1.165) is 24.2 Å². The summed E-state index contributed by atoms with van der Waals surface area (Å²) in [7, 11) is 0. The summed E-state index contributed by atoms with van der Waals surface area (Å²) in [6.45, 7) is 20.7. The van der Waals surface area contributed by atoms with Gasteiger partial charge in [-0.05, 0) is 114 Å². The number of aliphatic hydroxyl groups is 1. The third-order valence-electron chi connectivity index (χ3n) is 13.7. The molecule has 5 saturated carbocycles. The lowest BCUT2D eigenvalue weighted by Gasteiger charge is -2.75. The molecule has 0 amide bonds. The molecule has 5 aliphatic carbocycles. The van der Waals surface area contributed by atoms with Crippen molar-refractivity contribution >= 4 is 0 Å². The van der Waals surface area contributed by atoms with Crippen LogP contribution in [-0.2, 0) is 0 Å². The molecule has 1 heteroatoms. The van der Waals surface area contributed by atoms with Gasteiger partial charge in [-0.25, -0.2) is 0 Å². The van der Waals surface area contributed by atoms with E-state index in [2.05, 4.69) is 55.4 Å². The molecule has 1 nitrogen and oxygen atoms in total. The van der Waals surface area contributed by atoms with Crippen molar-refractivity contribution in [3.63, 3.8) is 0 Å². The molecule has 0 unspecified atom stereocenters. The minimum absolute atomic E-state index is 0.114. The van der Waals surface area contributed by atoms with Gasteiger partial charge < -0.3 is 5.11 Å². The summed E-state index contributed by atoms with van der Waals surface area (Å²) in [6.07, 6.45) is 14.8. The van der Waals surface area contributed by atoms with Crippen LogP contribution in [0.2, 0.25) is 0 Å². The Labute approximate surface area is 193 Å². The van der Waals surface area contributed by atoms with E-state index in [1.54, 1.807) is 0 Å². The summed E-state index contributed by atoms with van der Waals surface area (Å²) < 4.78 is 0. The van der Waals surface area contributed by atoms with Crippen molar-refractivity contribution in [2.24, 2.45) is 56.2 Å². The van der Waals surface area contributed by atoms with E-state index in [4.69, 9.17) is 0 Å². The zero-order chi connectivity index (χ0) is 22.7. The first-order valence-electron chi connectivity index (χ1n) is 13.9. The third kappa shape index (κ3) is 2.77. The van der Waals surface area contributed by atoms with Gasteiger partial charge in [0.2, 0.25) is 0 Å². The Morgan fingerprint density at radius 3 is 2.00 bits per heavy atom. The highest BCUT2D eigenvalue weighted by Gasteiger charge is 2.72. The van der Waals surface area contributed by atoms with Gasteiger partial charge in [0.25, 0.3) is 0 Å². The van der Waals surface area contributed by atoms with Gasteiger partial charge in [0.05, 0.1) is 6.10 Å². The van der Waals surface area contributed by atoms with Gasteiger partial charge in [0, 0.05) is 0 Å². The molecule has 0 bridgehead atoms. The summed E-state index contributed by atoms with van der Waals surface area (Å²) in [5.41, 5.74) is 2.30. The first-order valence-corrected chi connectivity index (χ1v) is 13.9. The maximum Gasteiger partial charge on any atom is 0.0584 e.